The van der Waals surface area contributed by atoms with Crippen molar-refractivity contribution in [3.63, 3.8) is 0 Å². The first-order chi connectivity index (χ1) is 24.8. The molecular formula is C46H28BNO2. The van der Waals surface area contributed by atoms with Crippen LogP contribution >= 0.6 is 0 Å². The standard InChI is InChI=1S/C46H28BNO2/c1-3-11-29(12-4-1)32-19-22-39-36(25-32)37-26-33(30-13-5-2-6-14-30)20-23-40(37)48(39)34-27-43-46-44(28-34)50-42-24-21-31-15-7-8-16-35(31)45(42)47(46)38-17-9-10-18-41(38)49-43/h1-28H. The van der Waals surface area contributed by atoms with Crippen LogP contribution in [0.4, 0.5) is 0 Å². The van der Waals surface area contributed by atoms with Crippen molar-refractivity contribution in [2.45, 2.75) is 0 Å². The molecule has 0 saturated carbocycles. The highest BCUT2D eigenvalue weighted by Crippen LogP contribution is 2.42. The Morgan fingerprint density at radius 3 is 1.64 bits per heavy atom. The van der Waals surface area contributed by atoms with Gasteiger partial charge in [-0.3, -0.25) is 0 Å². The second-order valence-electron chi connectivity index (χ2n) is 13.3. The first kappa shape index (κ1) is 27.4. The van der Waals surface area contributed by atoms with Gasteiger partial charge in [0.05, 0.1) is 16.7 Å². The van der Waals surface area contributed by atoms with Crippen molar-refractivity contribution in [2.24, 2.45) is 0 Å². The molecule has 2 aliphatic heterocycles. The van der Waals surface area contributed by atoms with Crippen molar-refractivity contribution in [3.8, 4) is 50.9 Å². The largest absolute Gasteiger partial charge is 0.458 e. The number of ether oxygens (including phenoxy) is 2. The third-order valence-corrected chi connectivity index (χ3v) is 10.5. The van der Waals surface area contributed by atoms with Gasteiger partial charge in [0.15, 0.2) is 0 Å². The molecule has 11 rings (SSSR count). The highest BCUT2D eigenvalue weighted by atomic mass is 16.5. The molecule has 232 valence electrons. The summed E-state index contributed by atoms with van der Waals surface area (Å²) in [4.78, 5) is 0. The molecule has 0 fully saturated rings. The minimum absolute atomic E-state index is 0.00568. The zero-order valence-electron chi connectivity index (χ0n) is 27.0. The molecule has 4 heteroatoms. The maximum atomic E-state index is 6.87. The lowest BCUT2D eigenvalue weighted by Crippen LogP contribution is -2.57. The topological polar surface area (TPSA) is 23.4 Å². The molecule has 0 bridgehead atoms. The monoisotopic (exact) mass is 637 g/mol. The van der Waals surface area contributed by atoms with E-state index in [0.717, 1.165) is 50.6 Å². The van der Waals surface area contributed by atoms with E-state index in [1.54, 1.807) is 0 Å². The van der Waals surface area contributed by atoms with Gasteiger partial charge in [0.2, 0.25) is 0 Å². The van der Waals surface area contributed by atoms with Crippen molar-refractivity contribution in [1.29, 1.82) is 0 Å². The molecule has 0 amide bonds. The highest BCUT2D eigenvalue weighted by Gasteiger charge is 2.41. The minimum atomic E-state index is -0.00568. The van der Waals surface area contributed by atoms with Gasteiger partial charge in [-0.2, -0.15) is 0 Å². The van der Waals surface area contributed by atoms with Crippen molar-refractivity contribution >= 4 is 55.7 Å². The van der Waals surface area contributed by atoms with Crippen molar-refractivity contribution in [2.75, 3.05) is 0 Å². The fraction of sp³-hybridized carbons (Fsp3) is 0. The number of benzene rings is 8. The molecule has 0 radical (unpaired) electrons. The smallest absolute Gasteiger partial charge is 0.261 e. The number of hydrogen-bond acceptors (Lipinski definition) is 2. The molecule has 0 saturated heterocycles. The molecule has 0 unspecified atom stereocenters. The Balaban J connectivity index is 1.17. The molecule has 0 aliphatic carbocycles. The Morgan fingerprint density at radius 2 is 0.960 bits per heavy atom. The summed E-state index contributed by atoms with van der Waals surface area (Å²) in [6.07, 6.45) is 0. The molecule has 3 nitrogen and oxygen atoms in total. The van der Waals surface area contributed by atoms with E-state index in [0.29, 0.717) is 0 Å². The Kier molecular flexibility index (Phi) is 5.76. The van der Waals surface area contributed by atoms with E-state index in [4.69, 9.17) is 9.47 Å². The van der Waals surface area contributed by atoms with Gasteiger partial charge in [0.25, 0.3) is 6.71 Å². The Bertz CT molecular complexity index is 2710. The van der Waals surface area contributed by atoms with Gasteiger partial charge < -0.3 is 14.0 Å². The van der Waals surface area contributed by atoms with Gasteiger partial charge in [-0.15, -0.1) is 0 Å². The predicted octanol–water partition coefficient (Wildman–Crippen LogP) is 10.00. The summed E-state index contributed by atoms with van der Waals surface area (Å²) in [6, 6.07) is 60.6. The zero-order valence-corrected chi connectivity index (χ0v) is 27.0. The molecule has 0 spiro atoms. The van der Waals surface area contributed by atoms with Gasteiger partial charge >= 0.3 is 0 Å². The van der Waals surface area contributed by atoms with E-state index in [1.807, 2.05) is 0 Å². The van der Waals surface area contributed by atoms with Crippen LogP contribution in [-0.2, 0) is 0 Å². The van der Waals surface area contributed by atoms with E-state index in [-0.39, 0.29) is 6.71 Å². The first-order valence-electron chi connectivity index (χ1n) is 17.1. The van der Waals surface area contributed by atoms with Gasteiger partial charge in [-0.1, -0.05) is 121 Å². The van der Waals surface area contributed by atoms with Crippen molar-refractivity contribution in [3.05, 3.63) is 170 Å². The lowest BCUT2D eigenvalue weighted by atomic mass is 9.34. The number of aromatic nitrogens is 1. The number of para-hydroxylation sites is 1. The van der Waals surface area contributed by atoms with Crippen LogP contribution < -0.4 is 25.9 Å². The summed E-state index contributed by atoms with van der Waals surface area (Å²) < 4.78 is 16.0. The Labute approximate surface area is 289 Å². The van der Waals surface area contributed by atoms with Crippen LogP contribution in [0.25, 0.3) is 60.5 Å². The summed E-state index contributed by atoms with van der Waals surface area (Å²) in [5, 5.41) is 4.81. The zero-order chi connectivity index (χ0) is 32.8. The summed E-state index contributed by atoms with van der Waals surface area (Å²) in [6.45, 7) is -0.00568. The molecule has 1 aromatic heterocycles. The maximum Gasteiger partial charge on any atom is 0.261 e. The highest BCUT2D eigenvalue weighted by molar-refractivity contribution is 6.99. The molecule has 3 heterocycles. The van der Waals surface area contributed by atoms with Gasteiger partial charge in [0.1, 0.15) is 23.0 Å². The molecule has 2 aliphatic rings. The van der Waals surface area contributed by atoms with E-state index in [2.05, 4.69) is 174 Å². The van der Waals surface area contributed by atoms with E-state index < -0.39 is 0 Å². The average molecular weight is 638 g/mol. The quantitative estimate of drug-likeness (QED) is 0.180. The Morgan fingerprint density at radius 1 is 0.380 bits per heavy atom. The molecule has 0 N–H and O–H groups in total. The SMILES string of the molecule is c1ccc(-c2ccc3c(c2)c2cc(-c4ccccc4)ccc2n3-c2cc3c4c(c2)Oc2ccc5ccccc5c2B4c2ccccc2O3)cc1. The van der Waals surface area contributed by atoms with Crippen LogP contribution in [0.15, 0.2) is 170 Å². The van der Waals surface area contributed by atoms with Gasteiger partial charge in [0, 0.05) is 28.4 Å². The average Bonchev–Trinajstić information content (AvgIpc) is 3.51. The third-order valence-electron chi connectivity index (χ3n) is 10.5. The van der Waals surface area contributed by atoms with Crippen LogP contribution in [0.5, 0.6) is 23.0 Å². The van der Waals surface area contributed by atoms with Crippen LogP contribution in [0, 0.1) is 0 Å². The Hall–Kier alpha value is -6.52. The second-order valence-corrected chi connectivity index (χ2v) is 13.3. The number of hydrogen-bond donors (Lipinski definition) is 0. The fourth-order valence-corrected chi connectivity index (χ4v) is 8.26. The first-order valence-corrected chi connectivity index (χ1v) is 17.1. The van der Waals surface area contributed by atoms with Crippen LogP contribution in [0.3, 0.4) is 0 Å². The van der Waals surface area contributed by atoms with Gasteiger partial charge in [-0.25, -0.2) is 0 Å². The number of rotatable bonds is 3. The molecule has 9 aromatic rings. The third kappa shape index (κ3) is 3.99. The lowest BCUT2D eigenvalue weighted by Gasteiger charge is -2.34. The fourth-order valence-electron chi connectivity index (χ4n) is 8.26. The predicted molar refractivity (Wildman–Crippen MR) is 207 cm³/mol. The summed E-state index contributed by atoms with van der Waals surface area (Å²) in [5.74, 6) is 3.44. The van der Waals surface area contributed by atoms with Crippen LogP contribution in [-0.4, -0.2) is 11.3 Å². The normalized spacial score (nSPS) is 12.7. The molecule has 0 atom stereocenters. The van der Waals surface area contributed by atoms with Crippen molar-refractivity contribution < 1.29 is 9.47 Å². The van der Waals surface area contributed by atoms with E-state index in [1.165, 1.54) is 49.3 Å². The summed E-state index contributed by atoms with van der Waals surface area (Å²) in [7, 11) is 0. The number of nitrogens with zero attached hydrogens (tertiary/aromatic N) is 1. The minimum Gasteiger partial charge on any atom is -0.458 e. The maximum absolute atomic E-state index is 6.87. The van der Waals surface area contributed by atoms with Crippen LogP contribution in [0.1, 0.15) is 0 Å². The van der Waals surface area contributed by atoms with E-state index >= 15 is 0 Å². The molecular weight excluding hydrogens is 609 g/mol. The number of fused-ring (bicyclic) bond motifs is 9. The van der Waals surface area contributed by atoms with Crippen LogP contribution in [0.2, 0.25) is 0 Å². The summed E-state index contributed by atoms with van der Waals surface area (Å²) >= 11 is 0. The molecule has 50 heavy (non-hydrogen) atoms. The van der Waals surface area contributed by atoms with E-state index in [9.17, 15) is 0 Å². The lowest BCUT2D eigenvalue weighted by molar-refractivity contribution is 0.464. The second kappa shape index (κ2) is 10.5. The van der Waals surface area contributed by atoms with Crippen molar-refractivity contribution in [1.82, 2.24) is 4.57 Å². The summed E-state index contributed by atoms with van der Waals surface area (Å²) in [5.41, 5.74) is 11.5. The molecule has 8 aromatic carbocycles. The van der Waals surface area contributed by atoms with Gasteiger partial charge in [-0.05, 0) is 80.4 Å².